The average Bonchev–Trinajstić information content (AvgIpc) is 3.25. The van der Waals surface area contributed by atoms with Crippen LogP contribution in [0, 0.1) is 17.2 Å². The zero-order valence-corrected chi connectivity index (χ0v) is 20.8. The van der Waals surface area contributed by atoms with E-state index in [4.69, 9.17) is 0 Å². The van der Waals surface area contributed by atoms with Gasteiger partial charge in [0, 0.05) is 44.5 Å². The molecular weight excluding hydrogens is 482 g/mol. The largest absolute Gasteiger partial charge is 0.304 e. The number of anilines is 1. The molecule has 1 amide bonds. The minimum Gasteiger partial charge on any atom is -0.304 e. The summed E-state index contributed by atoms with van der Waals surface area (Å²) in [6.45, 7) is 7.37. The van der Waals surface area contributed by atoms with E-state index < -0.39 is 0 Å². The molecule has 1 aliphatic carbocycles. The van der Waals surface area contributed by atoms with Crippen LogP contribution in [0.5, 0.6) is 0 Å². The van der Waals surface area contributed by atoms with E-state index in [0.717, 1.165) is 52.0 Å². The lowest BCUT2D eigenvalue weighted by atomic mass is 10.1. The number of carbonyl (C=O) groups is 1. The van der Waals surface area contributed by atoms with Gasteiger partial charge in [-0.15, -0.1) is 0 Å². The van der Waals surface area contributed by atoms with Crippen LogP contribution in [0.15, 0.2) is 34.9 Å². The van der Waals surface area contributed by atoms with Crippen molar-refractivity contribution < 1.29 is 4.79 Å². The monoisotopic (exact) mass is 511 g/mol. The van der Waals surface area contributed by atoms with Gasteiger partial charge in [0.2, 0.25) is 5.82 Å². The second kappa shape index (κ2) is 10.6. The van der Waals surface area contributed by atoms with Gasteiger partial charge in [-0.05, 0) is 59.4 Å². The van der Waals surface area contributed by atoms with Crippen molar-refractivity contribution in [3.63, 3.8) is 0 Å². The third kappa shape index (κ3) is 5.69. The molecule has 8 nitrogen and oxygen atoms in total. The van der Waals surface area contributed by atoms with Crippen molar-refractivity contribution in [1.29, 1.82) is 5.26 Å². The lowest BCUT2D eigenvalue weighted by Crippen LogP contribution is -2.50. The summed E-state index contributed by atoms with van der Waals surface area (Å²) in [5, 5.41) is 11.1. The van der Waals surface area contributed by atoms with E-state index in [9.17, 15) is 10.1 Å². The number of benzene rings is 1. The van der Waals surface area contributed by atoms with Crippen molar-refractivity contribution in [1.82, 2.24) is 25.2 Å². The summed E-state index contributed by atoms with van der Waals surface area (Å²) in [7, 11) is 2.15. The van der Waals surface area contributed by atoms with E-state index >= 15 is 0 Å². The molecule has 1 aromatic carbocycles. The molecule has 174 valence electrons. The van der Waals surface area contributed by atoms with Gasteiger partial charge in [-0.3, -0.25) is 20.1 Å². The summed E-state index contributed by atoms with van der Waals surface area (Å²) in [4.78, 5) is 26.4. The predicted octanol–water partition coefficient (Wildman–Crippen LogP) is 3.20. The van der Waals surface area contributed by atoms with Gasteiger partial charge >= 0.3 is 0 Å². The number of rotatable bonds is 6. The number of hydrogen-bond donors (Lipinski definition) is 1. The Morgan fingerprint density at radius 3 is 2.61 bits per heavy atom. The average molecular weight is 512 g/mol. The van der Waals surface area contributed by atoms with Crippen molar-refractivity contribution in [3.8, 4) is 6.07 Å². The van der Waals surface area contributed by atoms with Crippen LogP contribution in [0.1, 0.15) is 47.9 Å². The molecule has 1 aliphatic heterocycles. The SMILES string of the molecule is C[C@@H]1CCC[C@@H]1N(NC(=O)c1ccc(CN2CCN(C)CC2)cc1)c1nc(C#N)ncc1Br. The number of nitrogens with one attached hydrogen (secondary N) is 1. The standard InChI is InChI=1S/C24H30BrN7O/c1-17-4-3-5-21(17)32(23-20(25)15-27-22(14-26)28-23)29-24(33)19-8-6-18(7-9-19)16-31-12-10-30(2)11-13-31/h6-9,15,17,21H,3-5,10-13,16H2,1-2H3,(H,29,33)/t17-,21+/m1/s1. The van der Waals surface area contributed by atoms with Gasteiger partial charge in [-0.1, -0.05) is 25.5 Å². The molecule has 4 rings (SSSR count). The van der Waals surface area contributed by atoms with Gasteiger partial charge in [0.25, 0.3) is 5.91 Å². The van der Waals surface area contributed by atoms with Crippen molar-refractivity contribution in [2.45, 2.75) is 38.8 Å². The first-order valence-corrected chi connectivity index (χ1v) is 12.3. The Morgan fingerprint density at radius 2 is 1.97 bits per heavy atom. The van der Waals surface area contributed by atoms with Gasteiger partial charge in [0.15, 0.2) is 5.82 Å². The molecule has 9 heteroatoms. The van der Waals surface area contributed by atoms with Crippen LogP contribution in [0.25, 0.3) is 0 Å². The first-order chi connectivity index (χ1) is 15.9. The summed E-state index contributed by atoms with van der Waals surface area (Å²) in [6, 6.07) is 9.92. The maximum Gasteiger partial charge on any atom is 0.269 e. The molecule has 2 fully saturated rings. The molecule has 2 atom stereocenters. The molecule has 1 N–H and O–H groups in total. The number of hydrogen-bond acceptors (Lipinski definition) is 7. The Labute approximate surface area is 203 Å². The first-order valence-electron chi connectivity index (χ1n) is 11.5. The van der Waals surface area contributed by atoms with Crippen LogP contribution >= 0.6 is 15.9 Å². The number of likely N-dealkylation sites (N-methyl/N-ethyl adjacent to an activating group) is 1. The van der Waals surface area contributed by atoms with Crippen molar-refractivity contribution >= 4 is 27.7 Å². The second-order valence-corrected chi connectivity index (χ2v) is 9.89. The minimum atomic E-state index is -0.190. The van der Waals surface area contributed by atoms with E-state index in [1.807, 2.05) is 35.3 Å². The quantitative estimate of drug-likeness (QED) is 0.595. The number of aromatic nitrogens is 2. The summed E-state index contributed by atoms with van der Waals surface area (Å²) in [5.41, 5.74) is 4.87. The molecular formula is C24H30BrN7O. The Kier molecular flexibility index (Phi) is 7.58. The number of piperazine rings is 1. The highest BCUT2D eigenvalue weighted by Crippen LogP contribution is 2.33. The number of nitriles is 1. The van der Waals surface area contributed by atoms with E-state index in [1.165, 1.54) is 5.56 Å². The van der Waals surface area contributed by atoms with Crippen molar-refractivity contribution in [2.24, 2.45) is 5.92 Å². The lowest BCUT2D eigenvalue weighted by molar-refractivity contribution is 0.0941. The smallest absolute Gasteiger partial charge is 0.269 e. The molecule has 1 saturated heterocycles. The molecule has 0 spiro atoms. The van der Waals surface area contributed by atoms with E-state index in [0.29, 0.717) is 21.8 Å². The number of nitrogens with zero attached hydrogens (tertiary/aromatic N) is 6. The van der Waals surface area contributed by atoms with Gasteiger partial charge < -0.3 is 4.90 Å². The third-order valence-electron chi connectivity index (χ3n) is 6.64. The highest BCUT2D eigenvalue weighted by atomic mass is 79.9. The van der Waals surface area contributed by atoms with E-state index in [-0.39, 0.29) is 17.8 Å². The zero-order valence-electron chi connectivity index (χ0n) is 19.2. The molecule has 0 unspecified atom stereocenters. The maximum atomic E-state index is 13.2. The maximum absolute atomic E-state index is 13.2. The second-order valence-electron chi connectivity index (χ2n) is 9.04. The highest BCUT2D eigenvalue weighted by Gasteiger charge is 2.33. The highest BCUT2D eigenvalue weighted by molar-refractivity contribution is 9.10. The van der Waals surface area contributed by atoms with Crippen LogP contribution in [-0.4, -0.2) is 64.9 Å². The summed E-state index contributed by atoms with van der Waals surface area (Å²) < 4.78 is 0.642. The predicted molar refractivity (Wildman–Crippen MR) is 130 cm³/mol. The van der Waals surface area contributed by atoms with E-state index in [2.05, 4.69) is 55.1 Å². The van der Waals surface area contributed by atoms with Crippen molar-refractivity contribution in [2.75, 3.05) is 38.2 Å². The number of halogens is 1. The summed E-state index contributed by atoms with van der Waals surface area (Å²) in [5.74, 6) is 0.791. The zero-order chi connectivity index (χ0) is 23.4. The Hall–Kier alpha value is -2.54. The Balaban J connectivity index is 1.49. The van der Waals surface area contributed by atoms with Crippen LogP contribution < -0.4 is 10.4 Å². The molecule has 33 heavy (non-hydrogen) atoms. The molecule has 1 saturated carbocycles. The topological polar surface area (TPSA) is 88.4 Å². The lowest BCUT2D eigenvalue weighted by Gasteiger charge is -2.33. The number of hydrazine groups is 1. The van der Waals surface area contributed by atoms with Crippen LogP contribution in [0.4, 0.5) is 5.82 Å². The first kappa shape index (κ1) is 23.6. The Bertz CT molecular complexity index is 1010. The fraction of sp³-hybridized carbons (Fsp3) is 0.500. The van der Waals surface area contributed by atoms with Gasteiger partial charge in [-0.25, -0.2) is 4.98 Å². The molecule has 0 radical (unpaired) electrons. The van der Waals surface area contributed by atoms with E-state index in [1.54, 1.807) is 6.20 Å². The number of carbonyl (C=O) groups excluding carboxylic acids is 1. The summed E-state index contributed by atoms with van der Waals surface area (Å²) >= 11 is 3.50. The third-order valence-corrected chi connectivity index (χ3v) is 7.20. The van der Waals surface area contributed by atoms with Gasteiger partial charge in [0.05, 0.1) is 10.5 Å². The molecule has 2 aliphatic rings. The normalized spacial score (nSPS) is 21.5. The van der Waals surface area contributed by atoms with Crippen LogP contribution in [0.2, 0.25) is 0 Å². The Morgan fingerprint density at radius 1 is 1.24 bits per heavy atom. The van der Waals surface area contributed by atoms with Crippen molar-refractivity contribution in [3.05, 3.63) is 51.9 Å². The molecule has 0 bridgehead atoms. The minimum absolute atomic E-state index is 0.0753. The van der Waals surface area contributed by atoms with Gasteiger partial charge in [-0.2, -0.15) is 10.2 Å². The fourth-order valence-corrected chi connectivity index (χ4v) is 4.97. The molecule has 2 aromatic rings. The van der Waals surface area contributed by atoms with Crippen LogP contribution in [0.3, 0.4) is 0 Å². The molecule has 1 aromatic heterocycles. The van der Waals surface area contributed by atoms with Gasteiger partial charge in [0.1, 0.15) is 6.07 Å². The van der Waals surface area contributed by atoms with Crippen LogP contribution in [-0.2, 0) is 6.54 Å². The molecule has 2 heterocycles. The summed E-state index contributed by atoms with van der Waals surface area (Å²) in [6.07, 6.45) is 4.69. The number of amides is 1. The fourth-order valence-electron chi connectivity index (χ4n) is 4.58.